The zero-order valence-electron chi connectivity index (χ0n) is 13.5. The number of carboxylic acids is 1. The van der Waals surface area contributed by atoms with Crippen LogP contribution in [0.15, 0.2) is 52.2 Å². The van der Waals surface area contributed by atoms with Crippen LogP contribution in [0.1, 0.15) is 29.5 Å². The molecule has 1 heterocycles. The van der Waals surface area contributed by atoms with Gasteiger partial charge in [-0.15, -0.1) is 0 Å². The third-order valence-corrected chi connectivity index (χ3v) is 3.81. The Morgan fingerprint density at radius 1 is 1.21 bits per heavy atom. The average molecular weight is 328 g/mol. The van der Waals surface area contributed by atoms with E-state index in [1.807, 2.05) is 24.3 Å². The molecule has 0 bridgehead atoms. The fraction of sp³-hybridized carbons (Fsp3) is 0.278. The lowest BCUT2D eigenvalue weighted by Crippen LogP contribution is -2.31. The smallest absolute Gasteiger partial charge is 0.330 e. The van der Waals surface area contributed by atoms with Crippen molar-refractivity contribution < 1.29 is 9.90 Å². The number of carbonyl (C=O) groups is 1. The summed E-state index contributed by atoms with van der Waals surface area (Å²) in [5.41, 5.74) is 1.96. The van der Waals surface area contributed by atoms with E-state index in [1.165, 1.54) is 4.57 Å². The summed E-state index contributed by atoms with van der Waals surface area (Å²) in [6.45, 7) is 5.55. The molecular weight excluding hydrogens is 308 g/mol. The summed E-state index contributed by atoms with van der Waals surface area (Å²) in [6, 6.07) is 7.77. The third kappa shape index (κ3) is 4.55. The number of hydrogen-bond donors (Lipinski definition) is 2. The van der Waals surface area contributed by atoms with Gasteiger partial charge in [-0.25, -0.2) is 9.59 Å². The highest BCUT2D eigenvalue weighted by Crippen LogP contribution is 2.11. The summed E-state index contributed by atoms with van der Waals surface area (Å²) in [7, 11) is 0. The number of benzene rings is 1. The second kappa shape index (κ2) is 7.59. The highest BCUT2D eigenvalue weighted by molar-refractivity contribution is 5.85. The molecule has 0 aliphatic rings. The highest BCUT2D eigenvalue weighted by atomic mass is 16.4. The lowest BCUT2D eigenvalue weighted by molar-refractivity contribution is -0.132. The Morgan fingerprint density at radius 2 is 1.83 bits per heavy atom. The first-order chi connectivity index (χ1) is 11.4. The predicted octanol–water partition coefficient (Wildman–Crippen LogP) is 1.86. The van der Waals surface area contributed by atoms with E-state index in [2.05, 4.69) is 11.6 Å². The molecular formula is C18H20N2O4. The highest BCUT2D eigenvalue weighted by Gasteiger charge is 2.05. The fourth-order valence-electron chi connectivity index (χ4n) is 2.36. The van der Waals surface area contributed by atoms with Crippen LogP contribution >= 0.6 is 0 Å². The molecule has 0 saturated heterocycles. The molecule has 0 fully saturated rings. The predicted molar refractivity (Wildman–Crippen MR) is 91.3 cm³/mol. The molecule has 0 aliphatic heterocycles. The van der Waals surface area contributed by atoms with Crippen LogP contribution in [0.4, 0.5) is 0 Å². The quantitative estimate of drug-likeness (QED) is 0.759. The third-order valence-electron chi connectivity index (χ3n) is 3.81. The lowest BCUT2D eigenvalue weighted by Gasteiger charge is -2.07. The molecule has 24 heavy (non-hydrogen) atoms. The first-order valence-corrected chi connectivity index (χ1v) is 7.66. The molecule has 6 nitrogen and oxygen atoms in total. The largest absolute Gasteiger partial charge is 0.478 e. The summed E-state index contributed by atoms with van der Waals surface area (Å²) >= 11 is 0. The van der Waals surface area contributed by atoms with Crippen LogP contribution in [0.2, 0.25) is 0 Å². The molecule has 6 heteroatoms. The second-order valence-corrected chi connectivity index (χ2v) is 5.78. The van der Waals surface area contributed by atoms with Gasteiger partial charge in [0.1, 0.15) is 0 Å². The Bertz CT molecular complexity index is 860. The van der Waals surface area contributed by atoms with Crippen LogP contribution in [0, 0.1) is 6.92 Å². The number of nitrogens with zero attached hydrogens (tertiary/aromatic N) is 1. The van der Waals surface area contributed by atoms with Gasteiger partial charge >= 0.3 is 11.7 Å². The van der Waals surface area contributed by atoms with E-state index >= 15 is 0 Å². The maximum Gasteiger partial charge on any atom is 0.330 e. The fourth-order valence-corrected chi connectivity index (χ4v) is 2.36. The molecule has 1 aromatic heterocycles. The van der Waals surface area contributed by atoms with Gasteiger partial charge in [-0.05, 0) is 37.3 Å². The molecule has 2 rings (SSSR count). The van der Waals surface area contributed by atoms with Gasteiger partial charge < -0.3 is 5.11 Å². The molecule has 1 aromatic carbocycles. The molecule has 0 aliphatic carbocycles. The van der Waals surface area contributed by atoms with Crippen LogP contribution in [-0.4, -0.2) is 20.6 Å². The first kappa shape index (κ1) is 17.5. The minimum absolute atomic E-state index is 0.222. The Morgan fingerprint density at radius 3 is 2.46 bits per heavy atom. The summed E-state index contributed by atoms with van der Waals surface area (Å²) in [6.07, 6.45) is 3.50. The number of aryl methyl sites for hydroxylation is 2. The van der Waals surface area contributed by atoms with Crippen molar-refractivity contribution in [2.75, 3.05) is 0 Å². The summed E-state index contributed by atoms with van der Waals surface area (Å²) in [5, 5.41) is 8.77. The molecule has 0 spiro atoms. The van der Waals surface area contributed by atoms with Crippen LogP contribution < -0.4 is 11.2 Å². The molecule has 2 N–H and O–H groups in total. The Kier molecular flexibility index (Phi) is 5.52. The zero-order chi connectivity index (χ0) is 17.7. The Balaban J connectivity index is 1.99. The Hall–Kier alpha value is -2.89. The number of nitrogens with one attached hydrogen (secondary N) is 1. The van der Waals surface area contributed by atoms with E-state index in [1.54, 1.807) is 13.1 Å². The van der Waals surface area contributed by atoms with E-state index in [9.17, 15) is 14.4 Å². The standard InChI is InChI=1S/C18H20N2O4/c1-12(17(22)23)4-3-5-14-6-8-15(9-7-14)11-20-10-13(2)16(21)19-18(20)24/h6-10H,1,3-5,11H2,2H3,(H,22,23)(H,19,21,24). The number of H-pyrrole nitrogens is 1. The normalized spacial score (nSPS) is 10.5. The van der Waals surface area contributed by atoms with Crippen molar-refractivity contribution in [2.24, 2.45) is 0 Å². The van der Waals surface area contributed by atoms with Crippen molar-refractivity contribution in [3.05, 3.63) is 80.1 Å². The van der Waals surface area contributed by atoms with Gasteiger partial charge in [0.2, 0.25) is 0 Å². The minimum Gasteiger partial charge on any atom is -0.478 e. The van der Waals surface area contributed by atoms with Crippen molar-refractivity contribution in [2.45, 2.75) is 32.7 Å². The second-order valence-electron chi connectivity index (χ2n) is 5.78. The number of carboxylic acid groups (broad SMARTS) is 1. The van der Waals surface area contributed by atoms with E-state index in [-0.39, 0.29) is 11.1 Å². The van der Waals surface area contributed by atoms with Crippen LogP contribution in [0.25, 0.3) is 0 Å². The van der Waals surface area contributed by atoms with E-state index in [0.29, 0.717) is 18.5 Å². The number of rotatable bonds is 7. The first-order valence-electron chi connectivity index (χ1n) is 7.66. The SMILES string of the molecule is C=C(CCCc1ccc(Cn2cc(C)c(=O)[nH]c2=O)cc1)C(=O)O. The van der Waals surface area contributed by atoms with Gasteiger partial charge in [0, 0.05) is 17.3 Å². The van der Waals surface area contributed by atoms with Gasteiger partial charge in [0.05, 0.1) is 6.54 Å². The van der Waals surface area contributed by atoms with Gasteiger partial charge in [-0.3, -0.25) is 14.3 Å². The van der Waals surface area contributed by atoms with Crippen LogP contribution in [-0.2, 0) is 17.8 Å². The lowest BCUT2D eigenvalue weighted by atomic mass is 10.0. The zero-order valence-corrected chi connectivity index (χ0v) is 13.5. The van der Waals surface area contributed by atoms with Crippen molar-refractivity contribution >= 4 is 5.97 Å². The number of aromatic amines is 1. The Labute approximate surface area is 139 Å². The van der Waals surface area contributed by atoms with Crippen molar-refractivity contribution in [3.8, 4) is 0 Å². The molecule has 0 amide bonds. The average Bonchev–Trinajstić information content (AvgIpc) is 2.54. The molecule has 0 saturated carbocycles. The molecule has 126 valence electrons. The monoisotopic (exact) mass is 328 g/mol. The molecule has 2 aromatic rings. The molecule has 0 unspecified atom stereocenters. The van der Waals surface area contributed by atoms with Crippen LogP contribution in [0.3, 0.4) is 0 Å². The van der Waals surface area contributed by atoms with Gasteiger partial charge in [0.25, 0.3) is 5.56 Å². The van der Waals surface area contributed by atoms with E-state index in [0.717, 1.165) is 24.0 Å². The summed E-state index contributed by atoms with van der Waals surface area (Å²) in [5.74, 6) is -0.952. The van der Waals surface area contributed by atoms with Crippen LogP contribution in [0.5, 0.6) is 0 Å². The summed E-state index contributed by atoms with van der Waals surface area (Å²) < 4.78 is 1.46. The molecule has 0 atom stereocenters. The van der Waals surface area contributed by atoms with E-state index in [4.69, 9.17) is 5.11 Å². The van der Waals surface area contributed by atoms with Gasteiger partial charge in [-0.2, -0.15) is 0 Å². The van der Waals surface area contributed by atoms with Crippen molar-refractivity contribution in [1.29, 1.82) is 0 Å². The maximum absolute atomic E-state index is 11.8. The van der Waals surface area contributed by atoms with Gasteiger partial charge in [0.15, 0.2) is 0 Å². The minimum atomic E-state index is -0.952. The van der Waals surface area contributed by atoms with E-state index < -0.39 is 11.7 Å². The van der Waals surface area contributed by atoms with Crippen molar-refractivity contribution in [1.82, 2.24) is 9.55 Å². The molecule has 0 radical (unpaired) electrons. The number of aromatic nitrogens is 2. The topological polar surface area (TPSA) is 92.2 Å². The maximum atomic E-state index is 11.8. The van der Waals surface area contributed by atoms with Crippen molar-refractivity contribution in [3.63, 3.8) is 0 Å². The number of aliphatic carboxylic acids is 1. The summed E-state index contributed by atoms with van der Waals surface area (Å²) in [4.78, 5) is 36.1. The number of hydrogen-bond acceptors (Lipinski definition) is 3. The van der Waals surface area contributed by atoms with Gasteiger partial charge in [-0.1, -0.05) is 30.8 Å².